The summed E-state index contributed by atoms with van der Waals surface area (Å²) in [5.41, 5.74) is 2.34. The SMILES string of the molecule is Cc1cc2c(s1)N(O)c1ccccc1N=C2N1CC[N+](C)([O-])CC1. The molecule has 7 heteroatoms. The van der Waals surface area contributed by atoms with Crippen LogP contribution in [0.25, 0.3) is 0 Å². The number of rotatable bonds is 0. The number of para-hydroxylation sites is 2. The van der Waals surface area contributed by atoms with E-state index in [9.17, 15) is 10.4 Å². The highest BCUT2D eigenvalue weighted by Gasteiger charge is 2.30. The fourth-order valence-corrected chi connectivity index (χ4v) is 4.11. The Morgan fingerprint density at radius 1 is 1.25 bits per heavy atom. The van der Waals surface area contributed by atoms with Gasteiger partial charge < -0.3 is 14.8 Å². The number of benzene rings is 1. The fraction of sp³-hybridized carbons (Fsp3) is 0.353. The van der Waals surface area contributed by atoms with Crippen LogP contribution in [-0.2, 0) is 0 Å². The zero-order valence-corrected chi connectivity index (χ0v) is 14.6. The third-order valence-corrected chi connectivity index (χ3v) is 5.62. The van der Waals surface area contributed by atoms with Gasteiger partial charge in [0.1, 0.15) is 10.8 Å². The van der Waals surface area contributed by atoms with Crippen LogP contribution in [0.3, 0.4) is 0 Å². The van der Waals surface area contributed by atoms with Crippen molar-refractivity contribution >= 4 is 33.5 Å². The molecular formula is C17H20N4O2S. The van der Waals surface area contributed by atoms with Crippen molar-refractivity contribution in [3.8, 4) is 0 Å². The van der Waals surface area contributed by atoms with Gasteiger partial charge in [0.15, 0.2) is 0 Å². The average Bonchev–Trinajstić information content (AvgIpc) is 2.90. The minimum atomic E-state index is -0.206. The molecule has 24 heavy (non-hydrogen) atoms. The first-order chi connectivity index (χ1) is 11.4. The quantitative estimate of drug-likeness (QED) is 0.589. The highest BCUT2D eigenvalue weighted by Crippen LogP contribution is 2.42. The molecule has 126 valence electrons. The van der Waals surface area contributed by atoms with Gasteiger partial charge in [-0.25, -0.2) is 10.1 Å². The molecule has 6 nitrogen and oxygen atoms in total. The molecule has 1 N–H and O–H groups in total. The van der Waals surface area contributed by atoms with Gasteiger partial charge in [-0.2, -0.15) is 0 Å². The lowest BCUT2D eigenvalue weighted by Crippen LogP contribution is -2.55. The van der Waals surface area contributed by atoms with Crippen LogP contribution in [0.1, 0.15) is 10.4 Å². The minimum Gasteiger partial charge on any atom is -0.633 e. The normalized spacial score (nSPS) is 19.4. The molecule has 0 bridgehead atoms. The van der Waals surface area contributed by atoms with Crippen molar-refractivity contribution < 1.29 is 9.85 Å². The number of hydroxylamine groups is 3. The molecule has 0 radical (unpaired) electrons. The Morgan fingerprint density at radius 3 is 2.71 bits per heavy atom. The van der Waals surface area contributed by atoms with Gasteiger partial charge >= 0.3 is 0 Å². The molecule has 0 unspecified atom stereocenters. The Balaban J connectivity index is 1.82. The van der Waals surface area contributed by atoms with E-state index in [2.05, 4.69) is 11.0 Å². The molecule has 2 aliphatic rings. The largest absolute Gasteiger partial charge is 0.633 e. The van der Waals surface area contributed by atoms with Crippen molar-refractivity contribution in [3.05, 3.63) is 46.0 Å². The molecule has 4 rings (SSSR count). The number of piperazine rings is 1. The summed E-state index contributed by atoms with van der Waals surface area (Å²) in [6.45, 7) is 4.45. The molecule has 2 aromatic rings. The summed E-state index contributed by atoms with van der Waals surface area (Å²) in [4.78, 5) is 8.14. The Kier molecular flexibility index (Phi) is 3.61. The van der Waals surface area contributed by atoms with Crippen molar-refractivity contribution in [2.45, 2.75) is 6.92 Å². The first kappa shape index (κ1) is 15.6. The number of amidine groups is 1. The van der Waals surface area contributed by atoms with Gasteiger partial charge in [0, 0.05) is 4.88 Å². The molecular weight excluding hydrogens is 324 g/mol. The summed E-state index contributed by atoms with van der Waals surface area (Å²) < 4.78 is -0.206. The van der Waals surface area contributed by atoms with Crippen LogP contribution in [0.4, 0.5) is 16.4 Å². The van der Waals surface area contributed by atoms with Crippen LogP contribution in [0, 0.1) is 12.1 Å². The Morgan fingerprint density at radius 2 is 1.96 bits per heavy atom. The average molecular weight is 344 g/mol. The lowest BCUT2D eigenvalue weighted by molar-refractivity contribution is -0.864. The Labute approximate surface area is 145 Å². The van der Waals surface area contributed by atoms with Crippen molar-refractivity contribution in [2.24, 2.45) is 4.99 Å². The summed E-state index contributed by atoms with van der Waals surface area (Å²) in [5, 5.41) is 24.9. The number of likely N-dealkylation sites (N-methyl/N-ethyl adjacent to an activating group) is 1. The van der Waals surface area contributed by atoms with Crippen molar-refractivity contribution in [1.82, 2.24) is 4.90 Å². The van der Waals surface area contributed by atoms with Crippen molar-refractivity contribution in [3.63, 3.8) is 0 Å². The smallest absolute Gasteiger partial charge is 0.140 e. The van der Waals surface area contributed by atoms with Crippen LogP contribution in [0.15, 0.2) is 35.3 Å². The highest BCUT2D eigenvalue weighted by atomic mass is 32.1. The number of hydrogen-bond acceptors (Lipinski definition) is 6. The Bertz CT molecular complexity index is 805. The van der Waals surface area contributed by atoms with Gasteiger partial charge in [-0.1, -0.05) is 12.1 Å². The maximum Gasteiger partial charge on any atom is 0.140 e. The zero-order chi connectivity index (χ0) is 16.9. The van der Waals surface area contributed by atoms with Gasteiger partial charge in [-0.3, -0.25) is 5.21 Å². The van der Waals surface area contributed by atoms with Gasteiger partial charge in [0.2, 0.25) is 0 Å². The molecule has 0 amide bonds. The third-order valence-electron chi connectivity index (χ3n) is 4.59. The second-order valence-electron chi connectivity index (χ2n) is 6.54. The number of aliphatic imine (C=N–C) groups is 1. The molecule has 0 saturated carbocycles. The fourth-order valence-electron chi connectivity index (χ4n) is 3.18. The molecule has 3 heterocycles. The molecule has 1 saturated heterocycles. The number of aryl methyl sites for hydroxylation is 1. The topological polar surface area (TPSA) is 62.1 Å². The summed E-state index contributed by atoms with van der Waals surface area (Å²) in [6.07, 6.45) is 0. The molecule has 2 aliphatic heterocycles. The summed E-state index contributed by atoms with van der Waals surface area (Å²) in [5.74, 6) is 0.845. The van der Waals surface area contributed by atoms with E-state index >= 15 is 0 Å². The number of nitrogens with zero attached hydrogens (tertiary/aromatic N) is 4. The second kappa shape index (κ2) is 5.56. The number of fused-ring (bicyclic) bond motifs is 2. The number of hydrogen-bond donors (Lipinski definition) is 1. The van der Waals surface area contributed by atoms with Crippen LogP contribution in [-0.4, -0.2) is 53.8 Å². The van der Waals surface area contributed by atoms with E-state index in [1.165, 1.54) is 5.06 Å². The predicted octanol–water partition coefficient (Wildman–Crippen LogP) is 3.24. The summed E-state index contributed by atoms with van der Waals surface area (Å²) in [7, 11) is 1.72. The lowest BCUT2D eigenvalue weighted by Gasteiger charge is -2.45. The predicted molar refractivity (Wildman–Crippen MR) is 96.5 cm³/mol. The zero-order valence-electron chi connectivity index (χ0n) is 13.8. The Hall–Kier alpha value is -1.93. The molecule has 1 aromatic heterocycles. The monoisotopic (exact) mass is 344 g/mol. The minimum absolute atomic E-state index is 0.206. The van der Waals surface area contributed by atoms with E-state index in [-0.39, 0.29) is 4.65 Å². The van der Waals surface area contributed by atoms with E-state index in [0.29, 0.717) is 31.9 Å². The van der Waals surface area contributed by atoms with Crippen molar-refractivity contribution in [1.29, 1.82) is 0 Å². The first-order valence-electron chi connectivity index (χ1n) is 8.03. The van der Waals surface area contributed by atoms with Crippen molar-refractivity contribution in [2.75, 3.05) is 38.3 Å². The molecule has 1 fully saturated rings. The molecule has 0 spiro atoms. The van der Waals surface area contributed by atoms with E-state index in [1.807, 2.05) is 31.2 Å². The van der Waals surface area contributed by atoms with Gasteiger partial charge in [0.05, 0.1) is 50.2 Å². The maximum atomic E-state index is 12.1. The molecule has 0 atom stereocenters. The summed E-state index contributed by atoms with van der Waals surface area (Å²) >= 11 is 1.55. The second-order valence-corrected chi connectivity index (χ2v) is 7.78. The third kappa shape index (κ3) is 2.59. The van der Waals surface area contributed by atoms with E-state index in [4.69, 9.17) is 4.99 Å². The highest BCUT2D eigenvalue weighted by molar-refractivity contribution is 7.16. The van der Waals surface area contributed by atoms with Crippen LogP contribution in [0.2, 0.25) is 0 Å². The number of anilines is 2. The van der Waals surface area contributed by atoms with E-state index in [0.717, 1.165) is 27.0 Å². The van der Waals surface area contributed by atoms with E-state index < -0.39 is 0 Å². The van der Waals surface area contributed by atoms with Gasteiger partial charge in [-0.05, 0) is 25.1 Å². The molecule has 1 aromatic carbocycles. The lowest BCUT2D eigenvalue weighted by atomic mass is 10.2. The van der Waals surface area contributed by atoms with Gasteiger partial charge in [-0.15, -0.1) is 11.3 Å². The number of thiophene rings is 1. The molecule has 0 aliphatic carbocycles. The van der Waals surface area contributed by atoms with Gasteiger partial charge in [0.25, 0.3) is 0 Å². The van der Waals surface area contributed by atoms with Crippen LogP contribution < -0.4 is 5.06 Å². The first-order valence-corrected chi connectivity index (χ1v) is 8.84. The van der Waals surface area contributed by atoms with Crippen LogP contribution >= 0.6 is 11.3 Å². The maximum absolute atomic E-state index is 12.1. The van der Waals surface area contributed by atoms with Crippen LogP contribution in [0.5, 0.6) is 0 Å². The number of quaternary nitrogens is 1. The standard InChI is InChI=1S/C17H20N4O2S/c1-12-11-13-16(19-7-9-21(2,23)10-8-19)18-14-5-3-4-6-15(14)20(22)17(13)24-12/h3-6,11,22H,7-10H2,1-2H3. The summed E-state index contributed by atoms with van der Waals surface area (Å²) in [6, 6.07) is 9.64. The van der Waals surface area contributed by atoms with E-state index in [1.54, 1.807) is 18.4 Å².